The summed E-state index contributed by atoms with van der Waals surface area (Å²) < 4.78 is 5.75. The smallest absolute Gasteiger partial charge is 0.170 e. The third kappa shape index (κ3) is 4.21. The van der Waals surface area contributed by atoms with Gasteiger partial charge in [-0.2, -0.15) is 0 Å². The number of amidine groups is 1. The Labute approximate surface area is 120 Å². The molecule has 1 fully saturated rings. The van der Waals surface area contributed by atoms with Crippen molar-refractivity contribution in [2.45, 2.75) is 31.9 Å². The van der Waals surface area contributed by atoms with E-state index in [9.17, 15) is 0 Å². The normalized spacial score (nSPS) is 20.3. The fourth-order valence-corrected chi connectivity index (χ4v) is 2.56. The Balaban J connectivity index is 1.91. The summed E-state index contributed by atoms with van der Waals surface area (Å²) in [6, 6.07) is 7.76. The van der Waals surface area contributed by atoms with E-state index in [1.54, 1.807) is 0 Å². The van der Waals surface area contributed by atoms with Crippen LogP contribution in [0.4, 0.5) is 0 Å². The van der Waals surface area contributed by atoms with Crippen LogP contribution in [0.15, 0.2) is 29.4 Å². The average Bonchev–Trinajstić information content (AvgIpc) is 2.47. The van der Waals surface area contributed by atoms with Gasteiger partial charge in [-0.05, 0) is 37.9 Å². The second-order valence-corrected chi connectivity index (χ2v) is 5.37. The van der Waals surface area contributed by atoms with Crippen molar-refractivity contribution in [2.24, 2.45) is 10.9 Å². The van der Waals surface area contributed by atoms with Gasteiger partial charge < -0.3 is 15.7 Å². The summed E-state index contributed by atoms with van der Waals surface area (Å²) in [5.74, 6) is 0.144. The summed E-state index contributed by atoms with van der Waals surface area (Å²) in [4.78, 5) is 2.25. The van der Waals surface area contributed by atoms with Crippen LogP contribution >= 0.6 is 0 Å². The molecule has 0 radical (unpaired) electrons. The second-order valence-electron chi connectivity index (χ2n) is 5.37. The SMILES string of the molecule is CN(Cc1cccc(C(N)=NO)c1)CC1CCCCO1. The highest BCUT2D eigenvalue weighted by Gasteiger charge is 2.16. The minimum atomic E-state index is 0.144. The lowest BCUT2D eigenvalue weighted by atomic mass is 10.1. The average molecular weight is 277 g/mol. The first-order chi connectivity index (χ1) is 9.69. The van der Waals surface area contributed by atoms with Crippen molar-refractivity contribution in [1.82, 2.24) is 4.90 Å². The van der Waals surface area contributed by atoms with E-state index in [1.807, 2.05) is 24.3 Å². The molecule has 0 aromatic heterocycles. The minimum Gasteiger partial charge on any atom is -0.409 e. The Hall–Kier alpha value is -1.59. The molecule has 1 aliphatic rings. The zero-order valence-corrected chi connectivity index (χ0v) is 12.0. The van der Waals surface area contributed by atoms with Crippen molar-refractivity contribution in [3.63, 3.8) is 0 Å². The summed E-state index contributed by atoms with van der Waals surface area (Å²) in [6.07, 6.45) is 3.94. The highest BCUT2D eigenvalue weighted by Crippen LogP contribution is 2.15. The molecule has 20 heavy (non-hydrogen) atoms. The Morgan fingerprint density at radius 1 is 1.50 bits per heavy atom. The molecule has 0 aliphatic carbocycles. The first-order valence-electron chi connectivity index (χ1n) is 7.06. The molecule has 1 heterocycles. The number of oxime groups is 1. The van der Waals surface area contributed by atoms with Crippen molar-refractivity contribution in [3.8, 4) is 0 Å². The predicted octanol–water partition coefficient (Wildman–Crippen LogP) is 1.78. The van der Waals surface area contributed by atoms with Gasteiger partial charge in [-0.25, -0.2) is 0 Å². The maximum atomic E-state index is 8.71. The van der Waals surface area contributed by atoms with Gasteiger partial charge in [0.1, 0.15) is 0 Å². The molecule has 2 rings (SSSR count). The lowest BCUT2D eigenvalue weighted by Gasteiger charge is -2.27. The number of nitrogens with zero attached hydrogens (tertiary/aromatic N) is 2. The van der Waals surface area contributed by atoms with Gasteiger partial charge >= 0.3 is 0 Å². The molecule has 0 bridgehead atoms. The maximum Gasteiger partial charge on any atom is 0.170 e. The van der Waals surface area contributed by atoms with E-state index in [0.717, 1.165) is 37.2 Å². The van der Waals surface area contributed by atoms with Gasteiger partial charge in [-0.1, -0.05) is 23.4 Å². The van der Waals surface area contributed by atoms with E-state index in [4.69, 9.17) is 15.7 Å². The van der Waals surface area contributed by atoms with Gasteiger partial charge in [0.25, 0.3) is 0 Å². The third-order valence-electron chi connectivity index (χ3n) is 3.57. The molecular weight excluding hydrogens is 254 g/mol. The van der Waals surface area contributed by atoms with Crippen LogP contribution in [-0.2, 0) is 11.3 Å². The fraction of sp³-hybridized carbons (Fsp3) is 0.533. The van der Waals surface area contributed by atoms with Crippen molar-refractivity contribution < 1.29 is 9.94 Å². The number of benzene rings is 1. The summed E-state index contributed by atoms with van der Waals surface area (Å²) in [6.45, 7) is 2.65. The number of ether oxygens (including phenoxy) is 1. The number of likely N-dealkylation sites (N-methyl/N-ethyl adjacent to an activating group) is 1. The van der Waals surface area contributed by atoms with Gasteiger partial charge in [0, 0.05) is 25.3 Å². The van der Waals surface area contributed by atoms with E-state index >= 15 is 0 Å². The summed E-state index contributed by atoms with van der Waals surface area (Å²) in [7, 11) is 2.09. The second kappa shape index (κ2) is 7.26. The Morgan fingerprint density at radius 2 is 2.35 bits per heavy atom. The van der Waals surface area contributed by atoms with Crippen molar-refractivity contribution in [3.05, 3.63) is 35.4 Å². The number of rotatable bonds is 5. The van der Waals surface area contributed by atoms with E-state index in [1.165, 1.54) is 12.8 Å². The summed E-state index contributed by atoms with van der Waals surface area (Å²) >= 11 is 0. The van der Waals surface area contributed by atoms with Crippen LogP contribution in [0.2, 0.25) is 0 Å². The number of hydrogen-bond acceptors (Lipinski definition) is 4. The Kier molecular flexibility index (Phi) is 5.38. The van der Waals surface area contributed by atoms with E-state index in [-0.39, 0.29) is 5.84 Å². The van der Waals surface area contributed by atoms with Crippen LogP contribution in [0, 0.1) is 0 Å². The Bertz CT molecular complexity index is 456. The monoisotopic (exact) mass is 277 g/mol. The third-order valence-corrected chi connectivity index (χ3v) is 3.57. The maximum absolute atomic E-state index is 8.71. The van der Waals surface area contributed by atoms with Crippen LogP contribution in [-0.4, -0.2) is 42.2 Å². The quantitative estimate of drug-likeness (QED) is 0.372. The molecule has 0 spiro atoms. The van der Waals surface area contributed by atoms with E-state index in [0.29, 0.717) is 6.10 Å². The van der Waals surface area contributed by atoms with E-state index in [2.05, 4.69) is 17.1 Å². The van der Waals surface area contributed by atoms with Gasteiger partial charge in [-0.15, -0.1) is 0 Å². The zero-order valence-electron chi connectivity index (χ0n) is 12.0. The highest BCUT2D eigenvalue weighted by atomic mass is 16.5. The van der Waals surface area contributed by atoms with Gasteiger partial charge in [-0.3, -0.25) is 4.90 Å². The Morgan fingerprint density at radius 3 is 3.05 bits per heavy atom. The molecule has 1 atom stereocenters. The summed E-state index contributed by atoms with van der Waals surface area (Å²) in [5, 5.41) is 11.7. The molecule has 1 aromatic carbocycles. The van der Waals surface area contributed by atoms with Crippen LogP contribution in [0.5, 0.6) is 0 Å². The molecule has 0 saturated carbocycles. The van der Waals surface area contributed by atoms with Gasteiger partial charge in [0.15, 0.2) is 5.84 Å². The molecule has 1 aromatic rings. The van der Waals surface area contributed by atoms with Gasteiger partial charge in [0.2, 0.25) is 0 Å². The minimum absolute atomic E-state index is 0.144. The molecule has 5 nitrogen and oxygen atoms in total. The van der Waals surface area contributed by atoms with E-state index < -0.39 is 0 Å². The van der Waals surface area contributed by atoms with Crippen molar-refractivity contribution in [2.75, 3.05) is 20.2 Å². The highest BCUT2D eigenvalue weighted by molar-refractivity contribution is 5.97. The fourth-order valence-electron chi connectivity index (χ4n) is 2.56. The zero-order chi connectivity index (χ0) is 14.4. The van der Waals surface area contributed by atoms with Crippen LogP contribution in [0.3, 0.4) is 0 Å². The molecule has 3 N–H and O–H groups in total. The van der Waals surface area contributed by atoms with Crippen molar-refractivity contribution >= 4 is 5.84 Å². The standard InChI is InChI=1S/C15H23N3O2/c1-18(11-14-7-2-3-8-20-14)10-12-5-4-6-13(9-12)15(16)17-19/h4-6,9,14,19H,2-3,7-8,10-11H2,1H3,(H2,16,17). The summed E-state index contributed by atoms with van der Waals surface area (Å²) in [5.41, 5.74) is 7.50. The predicted molar refractivity (Wildman–Crippen MR) is 78.9 cm³/mol. The molecule has 1 aliphatic heterocycles. The molecule has 1 saturated heterocycles. The van der Waals surface area contributed by atoms with Crippen LogP contribution in [0.1, 0.15) is 30.4 Å². The van der Waals surface area contributed by atoms with Crippen molar-refractivity contribution in [1.29, 1.82) is 0 Å². The molecule has 0 amide bonds. The lowest BCUT2D eigenvalue weighted by molar-refractivity contribution is -0.00259. The molecule has 5 heteroatoms. The van der Waals surface area contributed by atoms with Gasteiger partial charge in [0.05, 0.1) is 6.10 Å². The molecule has 110 valence electrons. The molecule has 1 unspecified atom stereocenters. The lowest BCUT2D eigenvalue weighted by Crippen LogP contribution is -2.33. The first kappa shape index (κ1) is 14.8. The largest absolute Gasteiger partial charge is 0.409 e. The topological polar surface area (TPSA) is 71.1 Å². The number of hydrogen-bond donors (Lipinski definition) is 2. The van der Waals surface area contributed by atoms with Crippen LogP contribution in [0.25, 0.3) is 0 Å². The number of nitrogens with two attached hydrogens (primary N) is 1. The van der Waals surface area contributed by atoms with Crippen LogP contribution < -0.4 is 5.73 Å². The first-order valence-corrected chi connectivity index (χ1v) is 7.06. The molecular formula is C15H23N3O2.